The molecule has 0 bridgehead atoms. The van der Waals surface area contributed by atoms with Crippen LogP contribution in [0.15, 0.2) is 41.1 Å². The molecule has 1 aromatic carbocycles. The van der Waals surface area contributed by atoms with Crippen molar-refractivity contribution in [3.8, 4) is 0 Å². The van der Waals surface area contributed by atoms with Crippen LogP contribution in [-0.2, 0) is 33.8 Å². The van der Waals surface area contributed by atoms with Crippen LogP contribution in [0.25, 0.3) is 0 Å². The molecular formula is C24H23N3O4S2. The van der Waals surface area contributed by atoms with Crippen LogP contribution >= 0.6 is 22.7 Å². The van der Waals surface area contributed by atoms with Crippen molar-refractivity contribution in [2.75, 3.05) is 16.8 Å². The van der Waals surface area contributed by atoms with E-state index in [1.807, 2.05) is 46.0 Å². The van der Waals surface area contributed by atoms with E-state index in [0.717, 1.165) is 51.5 Å². The van der Waals surface area contributed by atoms with E-state index >= 15 is 0 Å². The maximum Gasteiger partial charge on any atom is 0.313 e. The number of anilines is 2. The summed E-state index contributed by atoms with van der Waals surface area (Å²) in [6.07, 6.45) is 2.16. The Bertz CT molecular complexity index is 1200. The maximum absolute atomic E-state index is 12.5. The SMILES string of the molecule is O=C(NCc1ccc(C(O)c2ccsc2)s1)C(=O)Nc1cc2c3c(c1)CCC(=O)N3CCC2. The number of rotatable bonds is 5. The summed E-state index contributed by atoms with van der Waals surface area (Å²) >= 11 is 2.93. The predicted molar refractivity (Wildman–Crippen MR) is 129 cm³/mol. The van der Waals surface area contributed by atoms with Crippen molar-refractivity contribution in [2.45, 2.75) is 38.3 Å². The molecule has 2 aliphatic heterocycles. The number of amides is 3. The van der Waals surface area contributed by atoms with Gasteiger partial charge in [0.15, 0.2) is 0 Å². The number of nitrogens with zero attached hydrogens (tertiary/aromatic N) is 1. The second kappa shape index (κ2) is 9.09. The second-order valence-electron chi connectivity index (χ2n) is 8.19. The highest BCUT2D eigenvalue weighted by Gasteiger charge is 2.30. The predicted octanol–water partition coefficient (Wildman–Crippen LogP) is 3.37. The van der Waals surface area contributed by atoms with Crippen molar-refractivity contribution < 1.29 is 19.5 Å². The number of hydrogen-bond donors (Lipinski definition) is 3. The number of hydrogen-bond acceptors (Lipinski definition) is 6. The van der Waals surface area contributed by atoms with E-state index in [2.05, 4.69) is 10.6 Å². The molecule has 2 aromatic heterocycles. The van der Waals surface area contributed by atoms with Gasteiger partial charge in [0.1, 0.15) is 6.10 Å². The number of carbonyl (C=O) groups is 3. The van der Waals surface area contributed by atoms with E-state index in [0.29, 0.717) is 18.5 Å². The van der Waals surface area contributed by atoms with Crippen LogP contribution < -0.4 is 15.5 Å². The Morgan fingerprint density at radius 2 is 1.91 bits per heavy atom. The summed E-state index contributed by atoms with van der Waals surface area (Å²) in [7, 11) is 0. The van der Waals surface area contributed by atoms with Crippen LogP contribution in [0.3, 0.4) is 0 Å². The first-order valence-electron chi connectivity index (χ1n) is 10.8. The fraction of sp³-hybridized carbons (Fsp3) is 0.292. The van der Waals surface area contributed by atoms with Gasteiger partial charge in [-0.05, 0) is 77.0 Å². The maximum atomic E-state index is 12.5. The lowest BCUT2D eigenvalue weighted by Gasteiger charge is -2.35. The molecule has 0 aliphatic carbocycles. The number of benzene rings is 1. The van der Waals surface area contributed by atoms with E-state index in [1.54, 1.807) is 0 Å². The highest BCUT2D eigenvalue weighted by Crippen LogP contribution is 2.38. The Morgan fingerprint density at radius 3 is 2.70 bits per heavy atom. The average Bonchev–Trinajstić information content (AvgIpc) is 3.52. The molecule has 1 unspecified atom stereocenters. The molecule has 4 heterocycles. The summed E-state index contributed by atoms with van der Waals surface area (Å²) in [6.45, 7) is 0.946. The topological polar surface area (TPSA) is 98.7 Å². The molecule has 0 fully saturated rings. The molecule has 7 nitrogen and oxygen atoms in total. The van der Waals surface area contributed by atoms with Gasteiger partial charge in [-0.15, -0.1) is 11.3 Å². The minimum Gasteiger partial charge on any atom is -0.383 e. The number of aliphatic hydroxyl groups excluding tert-OH is 1. The third kappa shape index (κ3) is 4.44. The van der Waals surface area contributed by atoms with Crippen molar-refractivity contribution >= 4 is 51.8 Å². The van der Waals surface area contributed by atoms with Crippen molar-refractivity contribution in [2.24, 2.45) is 0 Å². The van der Waals surface area contributed by atoms with Gasteiger partial charge < -0.3 is 20.6 Å². The lowest BCUT2D eigenvalue weighted by atomic mass is 9.91. The standard InChI is InChI=1S/C24H23N3O4S2/c28-20-6-3-15-11-17(10-14-2-1-8-27(20)21(14)15)26-24(31)23(30)25-12-18-4-5-19(33-18)22(29)16-7-9-32-13-16/h4-5,7,9-11,13,22,29H,1-3,6,8,12H2,(H,25,30)(H,26,31). The number of thiophene rings is 2. The summed E-state index contributed by atoms with van der Waals surface area (Å²) in [5.41, 5.74) is 4.49. The van der Waals surface area contributed by atoms with Gasteiger partial charge in [-0.3, -0.25) is 14.4 Å². The zero-order valence-electron chi connectivity index (χ0n) is 17.8. The van der Waals surface area contributed by atoms with Gasteiger partial charge in [-0.1, -0.05) is 0 Å². The van der Waals surface area contributed by atoms with Crippen molar-refractivity contribution in [1.82, 2.24) is 5.32 Å². The third-order valence-electron chi connectivity index (χ3n) is 5.97. The van der Waals surface area contributed by atoms with Gasteiger partial charge in [0.25, 0.3) is 0 Å². The minimum absolute atomic E-state index is 0.152. The molecule has 0 radical (unpaired) electrons. The van der Waals surface area contributed by atoms with Crippen molar-refractivity contribution in [1.29, 1.82) is 0 Å². The van der Waals surface area contributed by atoms with Crippen LogP contribution in [-0.4, -0.2) is 29.4 Å². The van der Waals surface area contributed by atoms with Crippen LogP contribution in [0.2, 0.25) is 0 Å². The second-order valence-corrected chi connectivity index (χ2v) is 10.2. The highest BCUT2D eigenvalue weighted by molar-refractivity contribution is 7.12. The Labute approximate surface area is 199 Å². The molecule has 3 aromatic rings. The molecule has 3 N–H and O–H groups in total. The number of aliphatic hydroxyl groups is 1. The normalized spacial score (nSPS) is 15.7. The van der Waals surface area contributed by atoms with E-state index in [-0.39, 0.29) is 12.5 Å². The molecule has 170 valence electrons. The minimum atomic E-state index is -0.725. The lowest BCUT2D eigenvalue weighted by molar-refractivity contribution is -0.136. The van der Waals surface area contributed by atoms with Crippen LogP contribution in [0, 0.1) is 0 Å². The largest absolute Gasteiger partial charge is 0.383 e. The van der Waals surface area contributed by atoms with Crippen LogP contribution in [0.4, 0.5) is 11.4 Å². The van der Waals surface area contributed by atoms with Crippen molar-refractivity contribution in [3.05, 3.63) is 67.5 Å². The lowest BCUT2D eigenvalue weighted by Crippen LogP contribution is -2.39. The Morgan fingerprint density at radius 1 is 1.09 bits per heavy atom. The monoisotopic (exact) mass is 481 g/mol. The highest BCUT2D eigenvalue weighted by atomic mass is 32.1. The fourth-order valence-corrected chi connectivity index (χ4v) is 6.04. The zero-order chi connectivity index (χ0) is 22.9. The molecule has 5 rings (SSSR count). The Kier molecular flexibility index (Phi) is 6.01. The number of nitrogens with one attached hydrogen (secondary N) is 2. The summed E-state index contributed by atoms with van der Waals surface area (Å²) < 4.78 is 0. The van der Waals surface area contributed by atoms with Crippen LogP contribution in [0.1, 0.15) is 45.4 Å². The van der Waals surface area contributed by atoms with Gasteiger partial charge in [-0.25, -0.2) is 0 Å². The molecular weight excluding hydrogens is 458 g/mol. The molecule has 1 atom stereocenters. The van der Waals surface area contributed by atoms with Gasteiger partial charge in [0.05, 0.1) is 12.2 Å². The van der Waals surface area contributed by atoms with Crippen LogP contribution in [0.5, 0.6) is 0 Å². The van der Waals surface area contributed by atoms with E-state index in [4.69, 9.17) is 0 Å². The Balaban J connectivity index is 1.21. The van der Waals surface area contributed by atoms with Gasteiger partial charge >= 0.3 is 11.8 Å². The molecule has 33 heavy (non-hydrogen) atoms. The van der Waals surface area contributed by atoms with E-state index in [9.17, 15) is 19.5 Å². The molecule has 0 saturated carbocycles. The third-order valence-corrected chi connectivity index (χ3v) is 7.81. The first-order valence-corrected chi connectivity index (χ1v) is 12.6. The van der Waals surface area contributed by atoms with Crippen molar-refractivity contribution in [3.63, 3.8) is 0 Å². The quantitative estimate of drug-likeness (QED) is 0.487. The zero-order valence-corrected chi connectivity index (χ0v) is 19.4. The average molecular weight is 482 g/mol. The summed E-state index contributed by atoms with van der Waals surface area (Å²) in [4.78, 5) is 40.5. The van der Waals surface area contributed by atoms with E-state index < -0.39 is 17.9 Å². The molecule has 3 amide bonds. The number of carbonyl (C=O) groups excluding carboxylic acids is 3. The van der Waals surface area contributed by atoms with Gasteiger partial charge in [0.2, 0.25) is 5.91 Å². The molecule has 0 spiro atoms. The summed E-state index contributed by atoms with van der Waals surface area (Å²) in [5, 5.41) is 19.6. The smallest absolute Gasteiger partial charge is 0.313 e. The van der Waals surface area contributed by atoms with Gasteiger partial charge in [0, 0.05) is 28.4 Å². The fourth-order valence-electron chi connectivity index (χ4n) is 4.39. The Hall–Kier alpha value is -3.01. The molecule has 0 saturated heterocycles. The summed E-state index contributed by atoms with van der Waals surface area (Å²) in [6, 6.07) is 9.29. The first-order chi connectivity index (χ1) is 16.0. The first kappa shape index (κ1) is 21.8. The molecule has 2 aliphatic rings. The van der Waals surface area contributed by atoms with Gasteiger partial charge in [-0.2, -0.15) is 11.3 Å². The summed E-state index contributed by atoms with van der Waals surface area (Å²) in [5.74, 6) is -1.29. The molecule has 9 heteroatoms. The van der Waals surface area contributed by atoms with E-state index in [1.165, 1.54) is 22.7 Å². The number of aryl methyl sites for hydroxylation is 2.